The number of allylic oxidation sites excluding steroid dienone is 1. The Morgan fingerprint density at radius 3 is 2.54 bits per heavy atom. The van der Waals surface area contributed by atoms with Crippen LogP contribution < -0.4 is 10.1 Å². The molecule has 0 aromatic heterocycles. The zero-order chi connectivity index (χ0) is 25.6. The molecule has 0 fully saturated rings. The topological polar surface area (TPSA) is 74.5 Å². The fraction of sp³-hybridized carbons (Fsp3) is 0.346. The monoisotopic (exact) mass is 501 g/mol. The van der Waals surface area contributed by atoms with Crippen LogP contribution in [0.25, 0.3) is 0 Å². The second-order valence-corrected chi connectivity index (χ2v) is 9.09. The van der Waals surface area contributed by atoms with Gasteiger partial charge in [-0.2, -0.15) is 18.4 Å². The van der Waals surface area contributed by atoms with Crippen LogP contribution in [0.15, 0.2) is 64.8 Å². The number of amides is 1. The minimum atomic E-state index is -4.65. The van der Waals surface area contributed by atoms with Crippen molar-refractivity contribution >= 4 is 28.4 Å². The fourth-order valence-electron chi connectivity index (χ4n) is 4.01. The normalized spacial score (nSPS) is 18.0. The summed E-state index contributed by atoms with van der Waals surface area (Å²) in [5.74, 6) is -1.73. The van der Waals surface area contributed by atoms with Gasteiger partial charge in [-0.3, -0.25) is 4.79 Å². The number of halogens is 3. The number of benzene rings is 2. The van der Waals surface area contributed by atoms with Gasteiger partial charge < -0.3 is 10.1 Å². The van der Waals surface area contributed by atoms with Crippen molar-refractivity contribution in [2.75, 3.05) is 18.2 Å². The van der Waals surface area contributed by atoms with Crippen molar-refractivity contribution in [3.05, 3.63) is 70.9 Å². The summed E-state index contributed by atoms with van der Waals surface area (Å²) in [5, 5.41) is 13.3. The molecule has 2 aromatic carbocycles. The minimum absolute atomic E-state index is 0.0268. The van der Waals surface area contributed by atoms with Gasteiger partial charge in [0.15, 0.2) is 0 Å². The third-order valence-electron chi connectivity index (χ3n) is 5.67. The number of methoxy groups -OCH3 is 1. The predicted octanol–water partition coefficient (Wildman–Crippen LogP) is 6.80. The molecular formula is C26H26F3N3O2S. The molecule has 0 radical (unpaired) electrons. The second-order valence-electron chi connectivity index (χ2n) is 7.97. The fourth-order valence-corrected chi connectivity index (χ4v) is 5.22. The predicted molar refractivity (Wildman–Crippen MR) is 132 cm³/mol. The van der Waals surface area contributed by atoms with Crippen molar-refractivity contribution in [1.82, 2.24) is 0 Å². The van der Waals surface area contributed by atoms with Gasteiger partial charge in [-0.1, -0.05) is 43.7 Å². The van der Waals surface area contributed by atoms with E-state index in [2.05, 4.69) is 16.4 Å². The van der Waals surface area contributed by atoms with Crippen molar-refractivity contribution in [1.29, 1.82) is 5.26 Å². The van der Waals surface area contributed by atoms with E-state index in [4.69, 9.17) is 4.74 Å². The summed E-state index contributed by atoms with van der Waals surface area (Å²) in [4.78, 5) is 18.1. The van der Waals surface area contributed by atoms with E-state index >= 15 is 0 Å². The molecular weight excluding hydrogens is 475 g/mol. The van der Waals surface area contributed by atoms with E-state index in [0.29, 0.717) is 22.2 Å². The lowest BCUT2D eigenvalue weighted by atomic mass is 9.76. The van der Waals surface area contributed by atoms with E-state index in [1.165, 1.54) is 37.1 Å². The Morgan fingerprint density at radius 2 is 1.89 bits per heavy atom. The molecule has 1 aliphatic rings. The van der Waals surface area contributed by atoms with Crippen LogP contribution in [-0.2, 0) is 11.0 Å². The number of unbranched alkanes of at least 4 members (excludes halogenated alkanes) is 1. The number of rotatable bonds is 7. The Morgan fingerprint density at radius 1 is 1.20 bits per heavy atom. The maximum absolute atomic E-state index is 14.0. The molecule has 2 unspecified atom stereocenters. The summed E-state index contributed by atoms with van der Waals surface area (Å²) in [6.07, 6.45) is -2.85. The summed E-state index contributed by atoms with van der Waals surface area (Å²) in [7, 11) is 1.45. The number of aliphatic imine (C=N–C) groups is 1. The average Bonchev–Trinajstić information content (AvgIpc) is 2.83. The second kappa shape index (κ2) is 11.5. The Hall–Kier alpha value is -3.25. The van der Waals surface area contributed by atoms with Crippen molar-refractivity contribution in [3.8, 4) is 11.8 Å². The van der Waals surface area contributed by atoms with Crippen LogP contribution in [0.2, 0.25) is 0 Å². The Kier molecular flexibility index (Phi) is 8.62. The number of hydrogen-bond acceptors (Lipinski definition) is 5. The van der Waals surface area contributed by atoms with E-state index in [9.17, 15) is 23.2 Å². The molecule has 1 N–H and O–H groups in total. The third kappa shape index (κ3) is 5.88. The van der Waals surface area contributed by atoms with Crippen LogP contribution in [0.1, 0.15) is 43.7 Å². The third-order valence-corrected chi connectivity index (χ3v) is 6.80. The quantitative estimate of drug-likeness (QED) is 0.424. The molecule has 0 spiro atoms. The van der Waals surface area contributed by atoms with Gasteiger partial charge >= 0.3 is 6.18 Å². The van der Waals surface area contributed by atoms with Crippen LogP contribution in [0.4, 0.5) is 18.9 Å². The van der Waals surface area contributed by atoms with E-state index in [1.54, 1.807) is 31.2 Å². The van der Waals surface area contributed by atoms with Crippen molar-refractivity contribution in [3.63, 3.8) is 0 Å². The molecule has 5 nitrogen and oxygen atoms in total. The van der Waals surface area contributed by atoms with E-state index in [0.717, 1.165) is 18.9 Å². The standard InChI is InChI=1S/C26H26F3N3O2S/c1-4-5-14-35-25-18(15-30)23(17-10-6-7-11-19(17)26(27,28)29)22(16(2)31-25)24(33)32-20-12-8-9-13-21(20)34-3/h6-13,18,23H,4-5,14H2,1-3H3,(H,32,33). The molecule has 35 heavy (non-hydrogen) atoms. The molecule has 0 bridgehead atoms. The Balaban J connectivity index is 2.16. The lowest BCUT2D eigenvalue weighted by Crippen LogP contribution is -2.32. The first-order chi connectivity index (χ1) is 16.7. The number of nitriles is 1. The number of nitrogens with zero attached hydrogens (tertiary/aromatic N) is 2. The van der Waals surface area contributed by atoms with E-state index in [1.807, 2.05) is 6.92 Å². The molecule has 184 valence electrons. The molecule has 2 atom stereocenters. The van der Waals surface area contributed by atoms with Crippen LogP contribution in [-0.4, -0.2) is 23.8 Å². The molecule has 0 saturated carbocycles. The van der Waals surface area contributed by atoms with E-state index < -0.39 is 29.5 Å². The van der Waals surface area contributed by atoms with Gasteiger partial charge in [-0.15, -0.1) is 11.8 Å². The minimum Gasteiger partial charge on any atom is -0.495 e. The molecule has 1 amide bonds. The molecule has 2 aromatic rings. The average molecular weight is 502 g/mol. The zero-order valence-corrected chi connectivity index (χ0v) is 20.5. The van der Waals surface area contributed by atoms with Crippen LogP contribution in [0.5, 0.6) is 5.75 Å². The lowest BCUT2D eigenvalue weighted by Gasteiger charge is -2.32. The van der Waals surface area contributed by atoms with Crippen LogP contribution >= 0.6 is 11.8 Å². The highest BCUT2D eigenvalue weighted by molar-refractivity contribution is 8.14. The van der Waals surface area contributed by atoms with E-state index in [-0.39, 0.29) is 16.8 Å². The molecule has 0 saturated heterocycles. The molecule has 9 heteroatoms. The zero-order valence-electron chi connectivity index (χ0n) is 19.6. The maximum atomic E-state index is 14.0. The first kappa shape index (κ1) is 26.4. The number of hydrogen-bond donors (Lipinski definition) is 1. The molecule has 3 rings (SSSR count). The highest BCUT2D eigenvalue weighted by atomic mass is 32.2. The van der Waals surface area contributed by atoms with Gasteiger partial charge in [0, 0.05) is 17.2 Å². The van der Waals surface area contributed by atoms with Gasteiger partial charge in [-0.25, -0.2) is 4.99 Å². The summed E-state index contributed by atoms with van der Waals surface area (Å²) < 4.78 is 47.3. The number of para-hydroxylation sites is 2. The summed E-state index contributed by atoms with van der Waals surface area (Å²) in [6.45, 7) is 3.62. The van der Waals surface area contributed by atoms with Crippen molar-refractivity contribution in [2.45, 2.75) is 38.8 Å². The number of nitrogens with one attached hydrogen (secondary N) is 1. The number of alkyl halides is 3. The number of carbonyl (C=O) groups excluding carboxylic acids is 1. The molecule has 0 aliphatic carbocycles. The van der Waals surface area contributed by atoms with Crippen molar-refractivity contribution < 1.29 is 22.7 Å². The number of thioether (sulfide) groups is 1. The number of carbonyl (C=O) groups is 1. The summed E-state index contributed by atoms with van der Waals surface area (Å²) in [6, 6.07) is 14.0. The van der Waals surface area contributed by atoms with Crippen LogP contribution in [0, 0.1) is 17.2 Å². The largest absolute Gasteiger partial charge is 0.495 e. The smallest absolute Gasteiger partial charge is 0.416 e. The maximum Gasteiger partial charge on any atom is 0.416 e. The first-order valence-corrected chi connectivity index (χ1v) is 12.1. The summed E-state index contributed by atoms with van der Waals surface area (Å²) >= 11 is 1.35. The molecule has 1 aliphatic heterocycles. The van der Waals surface area contributed by atoms with Crippen molar-refractivity contribution in [2.24, 2.45) is 10.9 Å². The Bertz CT molecular complexity index is 1180. The molecule has 1 heterocycles. The van der Waals surface area contributed by atoms with Gasteiger partial charge in [0.1, 0.15) is 11.7 Å². The van der Waals surface area contributed by atoms with Gasteiger partial charge in [0.25, 0.3) is 5.91 Å². The SMILES string of the molecule is CCCCSC1=NC(C)=C(C(=O)Nc2ccccc2OC)C(c2ccccc2C(F)(F)F)C1C#N. The van der Waals surface area contributed by atoms with Gasteiger partial charge in [-0.05, 0) is 42.9 Å². The van der Waals surface area contributed by atoms with Gasteiger partial charge in [0.2, 0.25) is 0 Å². The van der Waals surface area contributed by atoms with Crippen LogP contribution in [0.3, 0.4) is 0 Å². The highest BCUT2D eigenvalue weighted by Gasteiger charge is 2.43. The Labute approximate surface area is 207 Å². The summed E-state index contributed by atoms with van der Waals surface area (Å²) in [5.41, 5.74) is -0.326. The number of ether oxygens (including phenoxy) is 1. The highest BCUT2D eigenvalue weighted by Crippen LogP contribution is 2.46. The lowest BCUT2D eigenvalue weighted by molar-refractivity contribution is -0.138. The van der Waals surface area contributed by atoms with Gasteiger partial charge in [0.05, 0.1) is 29.5 Å². The first-order valence-electron chi connectivity index (χ1n) is 11.1. The number of anilines is 1.